The molecule has 0 unspecified atom stereocenters. The summed E-state index contributed by atoms with van der Waals surface area (Å²) in [6, 6.07) is 1.94. The average Bonchev–Trinajstić information content (AvgIpc) is 2.92. The van der Waals surface area contributed by atoms with Gasteiger partial charge in [-0.15, -0.1) is 0 Å². The van der Waals surface area contributed by atoms with Crippen molar-refractivity contribution in [1.82, 2.24) is 20.4 Å². The van der Waals surface area contributed by atoms with Crippen LogP contribution >= 0.6 is 0 Å². The lowest BCUT2D eigenvalue weighted by Crippen LogP contribution is -2.43. The van der Waals surface area contributed by atoms with Crippen LogP contribution in [0.4, 0.5) is 0 Å². The predicted octanol–water partition coefficient (Wildman–Crippen LogP) is 0.800. The zero-order valence-electron chi connectivity index (χ0n) is 11.0. The molecule has 1 fully saturated rings. The van der Waals surface area contributed by atoms with E-state index in [1.807, 2.05) is 6.07 Å². The molecule has 0 aliphatic carbocycles. The number of H-pyrrole nitrogens is 1. The fraction of sp³-hybridized carbons (Fsp3) is 0.692. The van der Waals surface area contributed by atoms with Crippen LogP contribution in [0.2, 0.25) is 0 Å². The number of amides is 1. The third-order valence-corrected chi connectivity index (χ3v) is 3.58. The Morgan fingerprint density at radius 1 is 1.67 bits per heavy atom. The van der Waals surface area contributed by atoms with Crippen molar-refractivity contribution in [3.63, 3.8) is 0 Å². The molecule has 100 valence electrons. The summed E-state index contributed by atoms with van der Waals surface area (Å²) in [5, 5.41) is 9.81. The van der Waals surface area contributed by atoms with E-state index < -0.39 is 0 Å². The van der Waals surface area contributed by atoms with Gasteiger partial charge in [-0.1, -0.05) is 6.92 Å². The van der Waals surface area contributed by atoms with Gasteiger partial charge in [0.2, 0.25) is 5.91 Å². The van der Waals surface area contributed by atoms with Crippen molar-refractivity contribution in [2.75, 3.05) is 26.2 Å². The third-order valence-electron chi connectivity index (χ3n) is 3.58. The molecule has 2 rings (SSSR count). The summed E-state index contributed by atoms with van der Waals surface area (Å²) >= 11 is 0. The standard InChI is InChI=1S/C13H22N4O/c1-2-17-9-3-4-11(10-17)13(18)14-7-5-12-6-8-15-16-12/h6,8,11H,2-5,7,9-10H2,1H3,(H,14,18)(H,15,16)/t11-/m1/s1. The van der Waals surface area contributed by atoms with Crippen molar-refractivity contribution in [3.05, 3.63) is 18.0 Å². The maximum absolute atomic E-state index is 12.0. The molecule has 2 heterocycles. The van der Waals surface area contributed by atoms with Gasteiger partial charge in [0.15, 0.2) is 0 Å². The van der Waals surface area contributed by atoms with Crippen molar-refractivity contribution in [2.24, 2.45) is 5.92 Å². The number of aromatic amines is 1. The van der Waals surface area contributed by atoms with Crippen LogP contribution in [0.15, 0.2) is 12.3 Å². The fourth-order valence-electron chi connectivity index (χ4n) is 2.45. The van der Waals surface area contributed by atoms with E-state index >= 15 is 0 Å². The topological polar surface area (TPSA) is 61.0 Å². The second kappa shape index (κ2) is 6.54. The molecule has 1 aromatic heterocycles. The van der Waals surface area contributed by atoms with Crippen LogP contribution < -0.4 is 5.32 Å². The number of carbonyl (C=O) groups excluding carboxylic acids is 1. The first-order valence-corrected chi connectivity index (χ1v) is 6.78. The maximum atomic E-state index is 12.0. The summed E-state index contributed by atoms with van der Waals surface area (Å²) in [5.74, 6) is 0.369. The molecule has 0 radical (unpaired) electrons. The van der Waals surface area contributed by atoms with Gasteiger partial charge < -0.3 is 10.2 Å². The smallest absolute Gasteiger partial charge is 0.224 e. The Balaban J connectivity index is 1.70. The molecule has 5 heteroatoms. The van der Waals surface area contributed by atoms with E-state index in [9.17, 15) is 4.79 Å². The van der Waals surface area contributed by atoms with Crippen LogP contribution in [0.25, 0.3) is 0 Å². The summed E-state index contributed by atoms with van der Waals surface area (Å²) in [6.07, 6.45) is 4.70. The van der Waals surface area contributed by atoms with Crippen LogP contribution in [0, 0.1) is 5.92 Å². The second-order valence-corrected chi connectivity index (χ2v) is 4.86. The van der Waals surface area contributed by atoms with E-state index in [4.69, 9.17) is 0 Å². The van der Waals surface area contributed by atoms with Crippen molar-refractivity contribution in [2.45, 2.75) is 26.2 Å². The minimum atomic E-state index is 0.167. The zero-order chi connectivity index (χ0) is 12.8. The molecule has 1 saturated heterocycles. The highest BCUT2D eigenvalue weighted by Crippen LogP contribution is 2.16. The summed E-state index contributed by atoms with van der Waals surface area (Å²) in [7, 11) is 0. The van der Waals surface area contributed by atoms with Gasteiger partial charge in [0, 0.05) is 31.4 Å². The van der Waals surface area contributed by atoms with E-state index in [2.05, 4.69) is 27.3 Å². The Morgan fingerprint density at radius 2 is 2.56 bits per heavy atom. The molecule has 1 amide bonds. The molecule has 1 atom stereocenters. The van der Waals surface area contributed by atoms with Gasteiger partial charge in [-0.2, -0.15) is 5.10 Å². The molecular weight excluding hydrogens is 228 g/mol. The average molecular weight is 250 g/mol. The minimum absolute atomic E-state index is 0.167. The number of piperidine rings is 1. The van der Waals surface area contributed by atoms with Crippen molar-refractivity contribution < 1.29 is 4.79 Å². The third kappa shape index (κ3) is 3.57. The molecule has 18 heavy (non-hydrogen) atoms. The van der Waals surface area contributed by atoms with Gasteiger partial charge in [-0.25, -0.2) is 0 Å². The molecule has 2 N–H and O–H groups in total. The molecule has 0 saturated carbocycles. The monoisotopic (exact) mass is 250 g/mol. The summed E-state index contributed by atoms with van der Waals surface area (Å²) < 4.78 is 0. The van der Waals surface area contributed by atoms with Crippen LogP contribution in [0.5, 0.6) is 0 Å². The van der Waals surface area contributed by atoms with Crippen molar-refractivity contribution >= 4 is 5.91 Å². The molecule has 1 aromatic rings. The number of rotatable bonds is 5. The van der Waals surface area contributed by atoms with E-state index in [0.29, 0.717) is 6.54 Å². The Kier molecular flexibility index (Phi) is 4.75. The van der Waals surface area contributed by atoms with Crippen LogP contribution in [-0.2, 0) is 11.2 Å². The molecular formula is C13H22N4O. The normalized spacial score (nSPS) is 20.8. The highest BCUT2D eigenvalue weighted by atomic mass is 16.1. The summed E-state index contributed by atoms with van der Waals surface area (Å²) in [4.78, 5) is 14.4. The minimum Gasteiger partial charge on any atom is -0.355 e. The zero-order valence-corrected chi connectivity index (χ0v) is 11.0. The quantitative estimate of drug-likeness (QED) is 0.812. The van der Waals surface area contributed by atoms with Gasteiger partial charge in [0.05, 0.1) is 5.92 Å². The highest BCUT2D eigenvalue weighted by molar-refractivity contribution is 5.78. The number of hydrogen-bond acceptors (Lipinski definition) is 3. The van der Waals surface area contributed by atoms with Crippen LogP contribution in [0.1, 0.15) is 25.5 Å². The lowest BCUT2D eigenvalue weighted by molar-refractivity contribution is -0.126. The lowest BCUT2D eigenvalue weighted by atomic mass is 9.97. The van der Waals surface area contributed by atoms with Gasteiger partial charge in [-0.3, -0.25) is 9.89 Å². The van der Waals surface area contributed by atoms with Gasteiger partial charge in [0.1, 0.15) is 0 Å². The fourth-order valence-corrected chi connectivity index (χ4v) is 2.45. The second-order valence-electron chi connectivity index (χ2n) is 4.86. The Morgan fingerprint density at radius 3 is 3.28 bits per heavy atom. The largest absolute Gasteiger partial charge is 0.355 e. The van der Waals surface area contributed by atoms with Gasteiger partial charge in [0.25, 0.3) is 0 Å². The first-order chi connectivity index (χ1) is 8.79. The van der Waals surface area contributed by atoms with E-state index in [1.54, 1.807) is 6.20 Å². The number of nitrogens with one attached hydrogen (secondary N) is 2. The Bertz CT molecular complexity index is 363. The number of nitrogens with zero attached hydrogens (tertiary/aromatic N) is 2. The molecule has 0 spiro atoms. The summed E-state index contributed by atoms with van der Waals surface area (Å²) in [6.45, 7) is 5.92. The SMILES string of the molecule is CCN1CCC[C@@H](C(=O)NCCc2ccn[nH]2)C1. The van der Waals surface area contributed by atoms with E-state index in [0.717, 1.165) is 44.6 Å². The van der Waals surface area contributed by atoms with Crippen LogP contribution in [0.3, 0.4) is 0 Å². The van der Waals surface area contributed by atoms with E-state index in [1.165, 1.54) is 0 Å². The molecule has 0 aromatic carbocycles. The number of aromatic nitrogens is 2. The molecule has 1 aliphatic rings. The predicted molar refractivity (Wildman–Crippen MR) is 70.1 cm³/mol. The van der Waals surface area contributed by atoms with Gasteiger partial charge >= 0.3 is 0 Å². The first kappa shape index (κ1) is 13.1. The molecule has 1 aliphatic heterocycles. The summed E-state index contributed by atoms with van der Waals surface area (Å²) in [5.41, 5.74) is 1.06. The number of carbonyl (C=O) groups is 1. The number of hydrogen-bond donors (Lipinski definition) is 2. The van der Waals surface area contributed by atoms with Gasteiger partial charge in [-0.05, 0) is 32.0 Å². The van der Waals surface area contributed by atoms with Crippen molar-refractivity contribution in [1.29, 1.82) is 0 Å². The maximum Gasteiger partial charge on any atom is 0.224 e. The highest BCUT2D eigenvalue weighted by Gasteiger charge is 2.24. The van der Waals surface area contributed by atoms with E-state index in [-0.39, 0.29) is 11.8 Å². The molecule has 0 bridgehead atoms. The first-order valence-electron chi connectivity index (χ1n) is 6.78. The Hall–Kier alpha value is -1.36. The lowest BCUT2D eigenvalue weighted by Gasteiger charge is -2.30. The van der Waals surface area contributed by atoms with Crippen LogP contribution in [-0.4, -0.2) is 47.2 Å². The Labute approximate surface area is 108 Å². The molecule has 5 nitrogen and oxygen atoms in total. The van der Waals surface area contributed by atoms with Crippen molar-refractivity contribution in [3.8, 4) is 0 Å². The number of likely N-dealkylation sites (tertiary alicyclic amines) is 1.